The van der Waals surface area contributed by atoms with E-state index in [0.717, 1.165) is 11.1 Å². The fourth-order valence-corrected chi connectivity index (χ4v) is 4.67. The van der Waals surface area contributed by atoms with Gasteiger partial charge in [0.25, 0.3) is 5.91 Å². The van der Waals surface area contributed by atoms with E-state index in [1.165, 1.54) is 17.3 Å². The molecule has 0 N–H and O–H groups in total. The van der Waals surface area contributed by atoms with Gasteiger partial charge in [-0.25, -0.2) is 9.79 Å². The van der Waals surface area contributed by atoms with E-state index >= 15 is 0 Å². The van der Waals surface area contributed by atoms with Crippen LogP contribution in [0.3, 0.4) is 0 Å². The molecule has 1 amide bonds. The highest BCUT2D eigenvalue weighted by Crippen LogP contribution is 2.35. The van der Waals surface area contributed by atoms with E-state index in [4.69, 9.17) is 9.47 Å². The summed E-state index contributed by atoms with van der Waals surface area (Å²) in [6.45, 7) is 6.94. The maximum atomic E-state index is 13.2. The smallest absolute Gasteiger partial charge is 0.338 e. The molecule has 4 rings (SSSR count). The molecule has 1 heterocycles. The fraction of sp³-hybridized carbons (Fsp3) is 0.207. The van der Waals surface area contributed by atoms with E-state index in [-0.39, 0.29) is 5.91 Å². The van der Waals surface area contributed by atoms with Gasteiger partial charge in [0.1, 0.15) is 12.4 Å². The number of rotatable bonds is 8. The summed E-state index contributed by atoms with van der Waals surface area (Å²) in [6.07, 6.45) is 1.84. The monoisotopic (exact) mass is 500 g/mol. The van der Waals surface area contributed by atoms with Crippen molar-refractivity contribution >= 4 is 40.6 Å². The fourth-order valence-electron chi connectivity index (χ4n) is 3.62. The number of amides is 1. The van der Waals surface area contributed by atoms with Crippen molar-refractivity contribution in [1.29, 1.82) is 0 Å². The molecule has 6 nitrogen and oxygen atoms in total. The van der Waals surface area contributed by atoms with Crippen LogP contribution in [0.1, 0.15) is 40.9 Å². The Bertz CT molecular complexity index is 1310. The van der Waals surface area contributed by atoms with Crippen LogP contribution in [0.4, 0.5) is 5.69 Å². The predicted octanol–water partition coefficient (Wildman–Crippen LogP) is 6.37. The molecule has 0 aliphatic carbocycles. The molecule has 1 aliphatic rings. The van der Waals surface area contributed by atoms with Crippen molar-refractivity contribution < 1.29 is 19.1 Å². The van der Waals surface area contributed by atoms with E-state index in [0.29, 0.717) is 46.8 Å². The second-order valence-electron chi connectivity index (χ2n) is 8.14. The zero-order chi connectivity index (χ0) is 25.5. The van der Waals surface area contributed by atoms with Crippen molar-refractivity contribution in [3.8, 4) is 5.75 Å². The Kier molecular flexibility index (Phi) is 8.23. The van der Waals surface area contributed by atoms with Gasteiger partial charge in [0, 0.05) is 12.1 Å². The number of benzene rings is 3. The minimum Gasteiger partial charge on any atom is -0.488 e. The van der Waals surface area contributed by atoms with Gasteiger partial charge in [0.05, 0.1) is 22.8 Å². The van der Waals surface area contributed by atoms with Gasteiger partial charge < -0.3 is 9.47 Å². The van der Waals surface area contributed by atoms with Gasteiger partial charge in [0.15, 0.2) is 5.17 Å². The average Bonchev–Trinajstić information content (AvgIpc) is 3.18. The Morgan fingerprint density at radius 2 is 1.81 bits per heavy atom. The van der Waals surface area contributed by atoms with Crippen molar-refractivity contribution in [3.05, 3.63) is 100.0 Å². The molecule has 1 aliphatic heterocycles. The van der Waals surface area contributed by atoms with E-state index in [1.54, 1.807) is 36.1 Å². The molecule has 3 aromatic rings. The number of hydrogen-bond acceptors (Lipinski definition) is 6. The van der Waals surface area contributed by atoms with Crippen LogP contribution in [-0.2, 0) is 16.1 Å². The van der Waals surface area contributed by atoms with Crippen LogP contribution in [0.15, 0.2) is 82.7 Å². The molecular formula is C29H28N2O4S. The van der Waals surface area contributed by atoms with Crippen LogP contribution in [0.2, 0.25) is 0 Å². The van der Waals surface area contributed by atoms with E-state index in [2.05, 4.69) is 24.0 Å². The molecule has 0 unspecified atom stereocenters. The summed E-state index contributed by atoms with van der Waals surface area (Å²) >= 11 is 1.31. The number of carbonyl (C=O) groups is 2. The second kappa shape index (κ2) is 11.7. The molecule has 3 aromatic carbocycles. The Morgan fingerprint density at radius 1 is 1.03 bits per heavy atom. The first-order chi connectivity index (χ1) is 17.5. The number of amidine groups is 1. The van der Waals surface area contributed by atoms with Crippen molar-refractivity contribution in [3.63, 3.8) is 0 Å². The Hall–Kier alpha value is -3.84. The van der Waals surface area contributed by atoms with E-state index in [9.17, 15) is 9.59 Å². The summed E-state index contributed by atoms with van der Waals surface area (Å²) in [5.41, 5.74) is 4.10. The minimum absolute atomic E-state index is 0.115. The number of aliphatic imine (C=N–C) groups is 1. The number of thioether (sulfide) groups is 1. The molecule has 0 bridgehead atoms. The summed E-state index contributed by atoms with van der Waals surface area (Å²) in [7, 11) is 0. The third-order valence-electron chi connectivity index (χ3n) is 5.51. The van der Waals surface area contributed by atoms with Crippen LogP contribution >= 0.6 is 11.8 Å². The number of carbonyl (C=O) groups excluding carboxylic acids is 2. The van der Waals surface area contributed by atoms with E-state index in [1.807, 2.05) is 49.4 Å². The van der Waals surface area contributed by atoms with Gasteiger partial charge in [-0.2, -0.15) is 0 Å². The highest BCUT2D eigenvalue weighted by molar-refractivity contribution is 8.18. The van der Waals surface area contributed by atoms with Crippen LogP contribution in [-0.4, -0.2) is 35.1 Å². The van der Waals surface area contributed by atoms with Crippen molar-refractivity contribution in [2.75, 3.05) is 13.2 Å². The molecule has 1 fully saturated rings. The van der Waals surface area contributed by atoms with Crippen LogP contribution < -0.4 is 4.74 Å². The SMILES string of the molecule is CCOC(=O)c1cccc(N=C2SC(=Cc3ccccc3OCc3ccc(C)cc3)C(=O)N2CC)c1. The number of ether oxygens (including phenoxy) is 2. The lowest BCUT2D eigenvalue weighted by atomic mass is 10.1. The predicted molar refractivity (Wildman–Crippen MR) is 144 cm³/mol. The molecule has 0 radical (unpaired) electrons. The largest absolute Gasteiger partial charge is 0.488 e. The van der Waals surface area contributed by atoms with Gasteiger partial charge in [0.2, 0.25) is 0 Å². The first kappa shape index (κ1) is 25.3. The summed E-state index contributed by atoms with van der Waals surface area (Å²) in [5.74, 6) is 0.190. The first-order valence-electron chi connectivity index (χ1n) is 11.8. The van der Waals surface area contributed by atoms with Gasteiger partial charge in [-0.1, -0.05) is 54.1 Å². The quantitative estimate of drug-likeness (QED) is 0.265. The molecule has 7 heteroatoms. The molecule has 36 heavy (non-hydrogen) atoms. The summed E-state index contributed by atoms with van der Waals surface area (Å²) in [5, 5.41) is 0.563. The lowest BCUT2D eigenvalue weighted by Crippen LogP contribution is -2.28. The van der Waals surface area contributed by atoms with Gasteiger partial charge in [-0.15, -0.1) is 0 Å². The lowest BCUT2D eigenvalue weighted by Gasteiger charge is -2.12. The minimum atomic E-state index is -0.398. The number of aryl methyl sites for hydroxylation is 1. The van der Waals surface area contributed by atoms with Crippen molar-refractivity contribution in [2.45, 2.75) is 27.4 Å². The summed E-state index contributed by atoms with van der Waals surface area (Å²) in [6, 6.07) is 22.8. The van der Waals surface area contributed by atoms with E-state index < -0.39 is 5.97 Å². The third kappa shape index (κ3) is 6.04. The number of para-hydroxylation sites is 1. The Balaban J connectivity index is 1.57. The standard InChI is InChI=1S/C29H28N2O4S/c1-4-31-27(32)26(36-29(31)30-24-11-8-10-23(17-24)28(33)34-5-2)18-22-9-6-7-12-25(22)35-19-21-15-13-20(3)14-16-21/h6-18H,4-5,19H2,1-3H3. The number of esters is 1. The molecular weight excluding hydrogens is 472 g/mol. The van der Waals surface area contributed by atoms with Gasteiger partial charge in [-0.3, -0.25) is 9.69 Å². The first-order valence-corrected chi connectivity index (χ1v) is 12.6. The molecule has 0 aromatic heterocycles. The van der Waals surface area contributed by atoms with Gasteiger partial charge in [-0.05, 0) is 68.4 Å². The molecule has 184 valence electrons. The second-order valence-corrected chi connectivity index (χ2v) is 9.15. The summed E-state index contributed by atoms with van der Waals surface area (Å²) < 4.78 is 11.2. The lowest BCUT2D eigenvalue weighted by molar-refractivity contribution is -0.122. The third-order valence-corrected chi connectivity index (χ3v) is 6.51. The molecule has 0 atom stereocenters. The molecule has 0 saturated carbocycles. The average molecular weight is 501 g/mol. The van der Waals surface area contributed by atoms with Crippen molar-refractivity contribution in [1.82, 2.24) is 4.90 Å². The number of hydrogen-bond donors (Lipinski definition) is 0. The highest BCUT2D eigenvalue weighted by Gasteiger charge is 2.32. The van der Waals surface area contributed by atoms with Gasteiger partial charge >= 0.3 is 5.97 Å². The van der Waals surface area contributed by atoms with Crippen molar-refractivity contribution in [2.24, 2.45) is 4.99 Å². The number of likely N-dealkylation sites (N-methyl/N-ethyl adjacent to an activating group) is 1. The molecule has 1 saturated heterocycles. The maximum Gasteiger partial charge on any atom is 0.338 e. The van der Waals surface area contributed by atoms with Crippen LogP contribution in [0.5, 0.6) is 5.75 Å². The molecule has 0 spiro atoms. The Morgan fingerprint density at radius 3 is 2.56 bits per heavy atom. The Labute approximate surface area is 215 Å². The maximum absolute atomic E-state index is 13.2. The summed E-state index contributed by atoms with van der Waals surface area (Å²) in [4.78, 5) is 32.1. The zero-order valence-corrected chi connectivity index (χ0v) is 21.4. The number of nitrogens with zero attached hydrogens (tertiary/aromatic N) is 2. The van der Waals surface area contributed by atoms with Crippen LogP contribution in [0.25, 0.3) is 6.08 Å². The van der Waals surface area contributed by atoms with Crippen LogP contribution in [0, 0.1) is 6.92 Å². The normalized spacial score (nSPS) is 15.5. The highest BCUT2D eigenvalue weighted by atomic mass is 32.2. The topological polar surface area (TPSA) is 68.2 Å². The zero-order valence-electron chi connectivity index (χ0n) is 20.6.